The molecule has 1 aromatic carbocycles. The van der Waals surface area contributed by atoms with Gasteiger partial charge in [0.1, 0.15) is 0 Å². The Morgan fingerprint density at radius 1 is 1.31 bits per heavy atom. The number of aryl methyl sites for hydroxylation is 2. The lowest BCUT2D eigenvalue weighted by Gasteiger charge is -2.02. The fraction of sp³-hybridized carbons (Fsp3) is 0.462. The topological polar surface area (TPSA) is 43.8 Å². The number of fused-ring (bicyclic) bond motifs is 1. The van der Waals surface area contributed by atoms with Gasteiger partial charge in [-0.3, -0.25) is 0 Å². The van der Waals surface area contributed by atoms with Crippen LogP contribution in [-0.4, -0.2) is 16.1 Å². The van der Waals surface area contributed by atoms with Gasteiger partial charge in [-0.15, -0.1) is 0 Å². The second kappa shape index (κ2) is 5.12. The van der Waals surface area contributed by atoms with Crippen LogP contribution in [0.2, 0.25) is 0 Å². The molecular formula is C13H19N3. The monoisotopic (exact) mass is 217 g/mol. The van der Waals surface area contributed by atoms with Crippen LogP contribution in [0.25, 0.3) is 11.0 Å². The first-order chi connectivity index (χ1) is 7.85. The van der Waals surface area contributed by atoms with Crippen molar-refractivity contribution >= 4 is 11.0 Å². The van der Waals surface area contributed by atoms with Gasteiger partial charge >= 0.3 is 0 Å². The van der Waals surface area contributed by atoms with Crippen molar-refractivity contribution in [1.29, 1.82) is 0 Å². The van der Waals surface area contributed by atoms with Crippen molar-refractivity contribution in [3.63, 3.8) is 0 Å². The molecular weight excluding hydrogens is 198 g/mol. The van der Waals surface area contributed by atoms with Gasteiger partial charge in [-0.2, -0.15) is 0 Å². The molecule has 16 heavy (non-hydrogen) atoms. The third-order valence-electron chi connectivity index (χ3n) is 2.95. The van der Waals surface area contributed by atoms with Crippen molar-refractivity contribution in [2.75, 3.05) is 6.54 Å². The van der Waals surface area contributed by atoms with Crippen LogP contribution in [0.5, 0.6) is 0 Å². The molecule has 0 spiro atoms. The molecule has 0 aliphatic heterocycles. The van der Waals surface area contributed by atoms with Crippen LogP contribution in [0, 0.1) is 0 Å². The average molecular weight is 217 g/mol. The Balaban J connectivity index is 2.17. The van der Waals surface area contributed by atoms with Crippen LogP contribution in [0.15, 0.2) is 24.5 Å². The van der Waals surface area contributed by atoms with E-state index in [4.69, 9.17) is 5.73 Å². The number of nitrogens with zero attached hydrogens (tertiary/aromatic N) is 2. The molecule has 0 aliphatic rings. The van der Waals surface area contributed by atoms with E-state index in [1.54, 1.807) is 0 Å². The summed E-state index contributed by atoms with van der Waals surface area (Å²) in [6, 6.07) is 6.56. The molecule has 0 bridgehead atoms. The van der Waals surface area contributed by atoms with Gasteiger partial charge in [-0.1, -0.05) is 6.07 Å². The lowest BCUT2D eigenvalue weighted by atomic mass is 10.1. The molecule has 0 unspecified atom stereocenters. The van der Waals surface area contributed by atoms with Gasteiger partial charge in [0.05, 0.1) is 17.4 Å². The maximum absolute atomic E-state index is 5.49. The van der Waals surface area contributed by atoms with E-state index in [1.165, 1.54) is 11.1 Å². The highest BCUT2D eigenvalue weighted by Gasteiger charge is 2.02. The molecule has 0 amide bonds. The first-order valence-corrected chi connectivity index (χ1v) is 5.99. The van der Waals surface area contributed by atoms with Gasteiger partial charge in [0, 0.05) is 6.54 Å². The number of aromatic nitrogens is 2. The van der Waals surface area contributed by atoms with Gasteiger partial charge in [0.25, 0.3) is 0 Å². The fourth-order valence-electron chi connectivity index (χ4n) is 1.99. The normalized spacial score (nSPS) is 11.1. The average Bonchev–Trinajstić information content (AvgIpc) is 2.71. The summed E-state index contributed by atoms with van der Waals surface area (Å²) in [6.07, 6.45) is 5.28. The molecule has 1 heterocycles. The summed E-state index contributed by atoms with van der Waals surface area (Å²) in [5.41, 5.74) is 9.18. The Bertz CT molecular complexity index is 459. The molecule has 0 fully saturated rings. The van der Waals surface area contributed by atoms with E-state index in [2.05, 4.69) is 34.7 Å². The van der Waals surface area contributed by atoms with Crippen molar-refractivity contribution in [1.82, 2.24) is 9.55 Å². The lowest BCUT2D eigenvalue weighted by Crippen LogP contribution is -1.99. The predicted octanol–water partition coefficient (Wildman–Crippen LogP) is 2.34. The number of rotatable bonds is 5. The molecule has 3 nitrogen and oxygen atoms in total. The molecule has 0 saturated carbocycles. The molecule has 0 saturated heterocycles. The molecule has 2 aromatic rings. The van der Waals surface area contributed by atoms with E-state index in [-0.39, 0.29) is 0 Å². The Morgan fingerprint density at radius 2 is 2.19 bits per heavy atom. The Morgan fingerprint density at radius 3 is 2.94 bits per heavy atom. The molecule has 0 atom stereocenters. The molecule has 2 rings (SSSR count). The molecule has 86 valence electrons. The molecule has 1 aromatic heterocycles. The zero-order valence-corrected chi connectivity index (χ0v) is 9.82. The number of unbranched alkanes of at least 4 members (excludes halogenated alkanes) is 1. The SMILES string of the molecule is CCn1cnc2cc(CCCCN)ccc21. The summed E-state index contributed by atoms with van der Waals surface area (Å²) in [5, 5.41) is 0. The number of benzene rings is 1. The third kappa shape index (κ3) is 2.25. The summed E-state index contributed by atoms with van der Waals surface area (Å²) < 4.78 is 2.17. The van der Waals surface area contributed by atoms with Crippen molar-refractivity contribution in [2.45, 2.75) is 32.7 Å². The lowest BCUT2D eigenvalue weighted by molar-refractivity contribution is 0.745. The van der Waals surface area contributed by atoms with E-state index in [1.807, 2.05) is 6.33 Å². The van der Waals surface area contributed by atoms with Crippen molar-refractivity contribution in [3.8, 4) is 0 Å². The second-order valence-electron chi connectivity index (χ2n) is 4.10. The standard InChI is InChI=1S/C13H19N3/c1-2-16-10-15-12-9-11(5-3-4-8-14)6-7-13(12)16/h6-7,9-10H,2-5,8,14H2,1H3. The van der Waals surface area contributed by atoms with Gasteiger partial charge in [0.2, 0.25) is 0 Å². The van der Waals surface area contributed by atoms with Crippen LogP contribution >= 0.6 is 0 Å². The highest BCUT2D eigenvalue weighted by molar-refractivity contribution is 5.76. The van der Waals surface area contributed by atoms with Crippen molar-refractivity contribution in [2.24, 2.45) is 5.73 Å². The highest BCUT2D eigenvalue weighted by Crippen LogP contribution is 2.16. The fourth-order valence-corrected chi connectivity index (χ4v) is 1.99. The summed E-state index contributed by atoms with van der Waals surface area (Å²) in [4.78, 5) is 4.42. The Labute approximate surface area is 96.3 Å². The first kappa shape index (κ1) is 11.1. The van der Waals surface area contributed by atoms with Gasteiger partial charge in [-0.25, -0.2) is 4.98 Å². The third-order valence-corrected chi connectivity index (χ3v) is 2.95. The molecule has 3 heteroatoms. The van der Waals surface area contributed by atoms with E-state index >= 15 is 0 Å². The van der Waals surface area contributed by atoms with E-state index in [0.717, 1.165) is 37.9 Å². The van der Waals surface area contributed by atoms with Gasteiger partial charge < -0.3 is 10.3 Å². The maximum Gasteiger partial charge on any atom is 0.0958 e. The minimum atomic E-state index is 0.784. The predicted molar refractivity (Wildman–Crippen MR) is 67.4 cm³/mol. The zero-order valence-electron chi connectivity index (χ0n) is 9.82. The minimum Gasteiger partial charge on any atom is -0.331 e. The summed E-state index contributed by atoms with van der Waals surface area (Å²) in [7, 11) is 0. The summed E-state index contributed by atoms with van der Waals surface area (Å²) >= 11 is 0. The number of hydrogen-bond acceptors (Lipinski definition) is 2. The van der Waals surface area contributed by atoms with Gasteiger partial charge in [0.15, 0.2) is 0 Å². The second-order valence-corrected chi connectivity index (χ2v) is 4.10. The number of nitrogens with two attached hydrogens (primary N) is 1. The molecule has 0 radical (unpaired) electrons. The zero-order chi connectivity index (χ0) is 11.4. The largest absolute Gasteiger partial charge is 0.331 e. The van der Waals surface area contributed by atoms with Crippen LogP contribution in [0.1, 0.15) is 25.3 Å². The molecule has 2 N–H and O–H groups in total. The van der Waals surface area contributed by atoms with Gasteiger partial charge in [-0.05, 0) is 50.4 Å². The minimum absolute atomic E-state index is 0.784. The van der Waals surface area contributed by atoms with E-state index in [0.29, 0.717) is 0 Å². The Hall–Kier alpha value is -1.35. The van der Waals surface area contributed by atoms with E-state index < -0.39 is 0 Å². The first-order valence-electron chi connectivity index (χ1n) is 5.99. The quantitative estimate of drug-likeness (QED) is 0.781. The molecule has 0 aliphatic carbocycles. The van der Waals surface area contributed by atoms with Crippen LogP contribution in [-0.2, 0) is 13.0 Å². The van der Waals surface area contributed by atoms with Crippen molar-refractivity contribution < 1.29 is 0 Å². The number of hydrogen-bond donors (Lipinski definition) is 1. The van der Waals surface area contributed by atoms with Crippen LogP contribution in [0.3, 0.4) is 0 Å². The van der Waals surface area contributed by atoms with E-state index in [9.17, 15) is 0 Å². The number of imidazole rings is 1. The summed E-state index contributed by atoms with van der Waals surface area (Å²) in [6.45, 7) is 3.89. The smallest absolute Gasteiger partial charge is 0.0958 e. The van der Waals surface area contributed by atoms with Crippen LogP contribution in [0.4, 0.5) is 0 Å². The summed E-state index contributed by atoms with van der Waals surface area (Å²) in [5.74, 6) is 0. The Kier molecular flexibility index (Phi) is 3.57. The van der Waals surface area contributed by atoms with Crippen LogP contribution < -0.4 is 5.73 Å². The van der Waals surface area contributed by atoms with Crippen molar-refractivity contribution in [3.05, 3.63) is 30.1 Å². The maximum atomic E-state index is 5.49. The highest BCUT2D eigenvalue weighted by atomic mass is 15.0.